The van der Waals surface area contributed by atoms with Gasteiger partial charge in [-0.15, -0.1) is 0 Å². The molecule has 0 unspecified atom stereocenters. The van der Waals surface area contributed by atoms with E-state index in [2.05, 4.69) is 11.9 Å². The summed E-state index contributed by atoms with van der Waals surface area (Å²) in [6.45, 7) is 8.96. The number of aliphatic carboxylic acids is 1. The lowest BCUT2D eigenvalue weighted by atomic mass is 10.2. The molecule has 0 fully saturated rings. The van der Waals surface area contributed by atoms with Gasteiger partial charge in [-0.2, -0.15) is 0 Å². The van der Waals surface area contributed by atoms with Crippen molar-refractivity contribution in [1.82, 2.24) is 5.32 Å². The maximum atomic E-state index is 11.0. The van der Waals surface area contributed by atoms with E-state index in [1.807, 2.05) is 13.8 Å². The molecule has 0 aromatic rings. The molecule has 0 aliphatic carbocycles. The van der Waals surface area contributed by atoms with E-state index in [9.17, 15) is 9.59 Å². The molecule has 0 radical (unpaired) electrons. The summed E-state index contributed by atoms with van der Waals surface area (Å²) in [6, 6.07) is 0. The molecule has 0 atom stereocenters. The smallest absolute Gasteiger partial charge is 0.407 e. The molecule has 0 heterocycles. The summed E-state index contributed by atoms with van der Waals surface area (Å²) in [7, 11) is 0. The molecule has 1 amide bonds. The van der Waals surface area contributed by atoms with Gasteiger partial charge >= 0.3 is 12.1 Å². The maximum absolute atomic E-state index is 11.0. The Kier molecular flexibility index (Phi) is 13.3. The molecule has 0 aromatic carbocycles. The third-order valence-corrected chi connectivity index (χ3v) is 1.57. The van der Waals surface area contributed by atoms with E-state index in [4.69, 9.17) is 9.84 Å². The Morgan fingerprint density at radius 3 is 2.44 bits per heavy atom. The topological polar surface area (TPSA) is 75.6 Å². The fraction of sp³-hybridized carbons (Fsp3) is 0.385. The summed E-state index contributed by atoms with van der Waals surface area (Å²) in [4.78, 5) is 21.1. The van der Waals surface area contributed by atoms with E-state index in [1.165, 1.54) is 0 Å². The number of nitrogens with one attached hydrogen (secondary N) is 1. The number of hydrogen-bond donors (Lipinski definition) is 2. The van der Waals surface area contributed by atoms with Crippen LogP contribution in [0.15, 0.2) is 36.5 Å². The summed E-state index contributed by atoms with van der Waals surface area (Å²) in [6.07, 6.45) is 6.10. The highest BCUT2D eigenvalue weighted by atomic mass is 16.5. The zero-order chi connectivity index (χ0) is 14.4. The molecule has 2 N–H and O–H groups in total. The lowest BCUT2D eigenvalue weighted by Gasteiger charge is -2.05. The molecular formula is C13H21NO4. The fourth-order valence-electron chi connectivity index (χ4n) is 0.767. The van der Waals surface area contributed by atoms with Crippen molar-refractivity contribution in [3.63, 3.8) is 0 Å². The van der Waals surface area contributed by atoms with Crippen molar-refractivity contribution in [3.8, 4) is 0 Å². The van der Waals surface area contributed by atoms with Gasteiger partial charge in [-0.05, 0) is 12.5 Å². The van der Waals surface area contributed by atoms with Gasteiger partial charge < -0.3 is 15.2 Å². The van der Waals surface area contributed by atoms with Gasteiger partial charge in [0.1, 0.15) is 13.2 Å². The summed E-state index contributed by atoms with van der Waals surface area (Å²) in [5.41, 5.74) is 0.797. The largest absolute Gasteiger partial charge is 0.480 e. The predicted molar refractivity (Wildman–Crippen MR) is 71.4 cm³/mol. The molecular weight excluding hydrogens is 234 g/mol. The second kappa shape index (κ2) is 13.0. The molecule has 102 valence electrons. The number of carbonyl (C=O) groups excluding carboxylic acids is 1. The highest BCUT2D eigenvalue weighted by Gasteiger charge is 2.04. The molecule has 0 aliphatic rings. The molecule has 5 nitrogen and oxygen atoms in total. The highest BCUT2D eigenvalue weighted by Crippen LogP contribution is 1.98. The lowest BCUT2D eigenvalue weighted by molar-refractivity contribution is -0.135. The van der Waals surface area contributed by atoms with Crippen LogP contribution in [-0.2, 0) is 9.53 Å². The summed E-state index contributed by atoms with van der Waals surface area (Å²) < 4.78 is 4.78. The van der Waals surface area contributed by atoms with E-state index in [0.717, 1.165) is 5.57 Å². The Morgan fingerprint density at radius 2 is 2.00 bits per heavy atom. The standard InChI is InChI=1S/C11H15NO4.C2H6/c1-3-5-6-9(4-2)8-16-11(15)12-7-10(13)14;1-2/h3-6H,1,7-8H2,2H3,(H,12,15)(H,13,14);1-2H3/b6-5-,9-4+;. The van der Waals surface area contributed by atoms with Gasteiger partial charge in [-0.1, -0.05) is 44.7 Å². The number of rotatable bonds is 6. The van der Waals surface area contributed by atoms with Crippen LogP contribution in [-0.4, -0.2) is 30.3 Å². The summed E-state index contributed by atoms with van der Waals surface area (Å²) >= 11 is 0. The summed E-state index contributed by atoms with van der Waals surface area (Å²) in [5, 5.41) is 10.4. The van der Waals surface area contributed by atoms with Crippen molar-refractivity contribution in [1.29, 1.82) is 0 Å². The first kappa shape index (κ1) is 18.3. The number of ether oxygens (including phenoxy) is 1. The van der Waals surface area contributed by atoms with Crippen LogP contribution >= 0.6 is 0 Å². The van der Waals surface area contributed by atoms with Gasteiger partial charge in [0.15, 0.2) is 0 Å². The zero-order valence-electron chi connectivity index (χ0n) is 11.1. The van der Waals surface area contributed by atoms with Crippen LogP contribution in [0.1, 0.15) is 20.8 Å². The molecule has 0 saturated carbocycles. The van der Waals surface area contributed by atoms with Crippen LogP contribution in [0.5, 0.6) is 0 Å². The average Bonchev–Trinajstić information content (AvgIpc) is 2.39. The Morgan fingerprint density at radius 1 is 1.39 bits per heavy atom. The van der Waals surface area contributed by atoms with Crippen LogP contribution in [0.25, 0.3) is 0 Å². The Balaban J connectivity index is 0. The Bertz CT molecular complexity index is 319. The van der Waals surface area contributed by atoms with Gasteiger partial charge in [0.25, 0.3) is 0 Å². The van der Waals surface area contributed by atoms with Gasteiger partial charge in [0, 0.05) is 0 Å². The van der Waals surface area contributed by atoms with Crippen molar-refractivity contribution in [3.05, 3.63) is 36.5 Å². The van der Waals surface area contributed by atoms with Gasteiger partial charge in [-0.25, -0.2) is 4.79 Å². The number of alkyl carbamates (subject to hydrolysis) is 1. The monoisotopic (exact) mass is 255 g/mol. The van der Waals surface area contributed by atoms with E-state index in [1.54, 1.807) is 31.2 Å². The number of hydrogen-bond acceptors (Lipinski definition) is 3. The zero-order valence-corrected chi connectivity index (χ0v) is 11.1. The van der Waals surface area contributed by atoms with E-state index < -0.39 is 18.6 Å². The molecule has 0 spiro atoms. The number of allylic oxidation sites excluding steroid dienone is 3. The van der Waals surface area contributed by atoms with Crippen molar-refractivity contribution >= 4 is 12.1 Å². The fourth-order valence-corrected chi connectivity index (χ4v) is 0.767. The Labute approximate surface area is 108 Å². The van der Waals surface area contributed by atoms with Crippen LogP contribution in [0.3, 0.4) is 0 Å². The number of amides is 1. The second-order valence-corrected chi connectivity index (χ2v) is 2.78. The van der Waals surface area contributed by atoms with Gasteiger partial charge in [0.2, 0.25) is 0 Å². The normalized spacial score (nSPS) is 10.3. The van der Waals surface area contributed by atoms with Crippen LogP contribution < -0.4 is 5.32 Å². The van der Waals surface area contributed by atoms with E-state index in [-0.39, 0.29) is 6.61 Å². The van der Waals surface area contributed by atoms with E-state index >= 15 is 0 Å². The minimum absolute atomic E-state index is 0.0896. The molecule has 5 heteroatoms. The number of carboxylic acids is 1. The lowest BCUT2D eigenvalue weighted by Crippen LogP contribution is -2.30. The minimum Gasteiger partial charge on any atom is -0.480 e. The maximum Gasteiger partial charge on any atom is 0.407 e. The van der Waals surface area contributed by atoms with Crippen LogP contribution in [0.4, 0.5) is 4.79 Å². The first-order chi connectivity index (χ1) is 8.60. The molecule has 0 bridgehead atoms. The van der Waals surface area contributed by atoms with Crippen molar-refractivity contribution in [2.45, 2.75) is 20.8 Å². The van der Waals surface area contributed by atoms with Gasteiger partial charge in [0.05, 0.1) is 0 Å². The molecule has 18 heavy (non-hydrogen) atoms. The van der Waals surface area contributed by atoms with Crippen molar-refractivity contribution in [2.75, 3.05) is 13.2 Å². The van der Waals surface area contributed by atoms with Crippen molar-refractivity contribution in [2.24, 2.45) is 0 Å². The minimum atomic E-state index is -1.12. The first-order valence-corrected chi connectivity index (χ1v) is 5.66. The third kappa shape index (κ3) is 12.0. The molecule has 0 aliphatic heterocycles. The highest BCUT2D eigenvalue weighted by molar-refractivity contribution is 5.76. The second-order valence-electron chi connectivity index (χ2n) is 2.78. The van der Waals surface area contributed by atoms with Crippen LogP contribution in [0, 0.1) is 0 Å². The van der Waals surface area contributed by atoms with Crippen LogP contribution in [0.2, 0.25) is 0 Å². The Hall–Kier alpha value is -2.04. The molecule has 0 aromatic heterocycles. The quantitative estimate of drug-likeness (QED) is 0.715. The average molecular weight is 255 g/mol. The first-order valence-electron chi connectivity index (χ1n) is 5.66. The SMILES string of the molecule is C=C/C=C\C(=C/C)COC(=O)NCC(=O)O.CC. The summed E-state index contributed by atoms with van der Waals surface area (Å²) in [5.74, 6) is -1.12. The van der Waals surface area contributed by atoms with Crippen molar-refractivity contribution < 1.29 is 19.4 Å². The predicted octanol–water partition coefficient (Wildman–Crippen LogP) is 2.51. The number of carboxylic acid groups (broad SMARTS) is 1. The third-order valence-electron chi connectivity index (χ3n) is 1.57. The molecule has 0 saturated heterocycles. The molecule has 0 rings (SSSR count). The van der Waals surface area contributed by atoms with E-state index in [0.29, 0.717) is 0 Å². The number of carbonyl (C=O) groups is 2. The van der Waals surface area contributed by atoms with Gasteiger partial charge in [-0.3, -0.25) is 4.79 Å².